The van der Waals surface area contributed by atoms with Crippen molar-refractivity contribution in [1.82, 2.24) is 15.0 Å². The van der Waals surface area contributed by atoms with Gasteiger partial charge in [-0.15, -0.1) is 5.10 Å². The molecule has 1 heterocycles. The van der Waals surface area contributed by atoms with E-state index in [-0.39, 0.29) is 11.8 Å². The van der Waals surface area contributed by atoms with Crippen molar-refractivity contribution >= 4 is 11.8 Å². The molecule has 150 valence electrons. The molecule has 0 unspecified atom stereocenters. The van der Waals surface area contributed by atoms with E-state index in [9.17, 15) is 0 Å². The SMILES string of the molecule is CCOC(=N)c1cccc(-n2cc(-c3cc(C(=N)OCC)ccc3OC)nn2)c1. The first-order valence-electron chi connectivity index (χ1n) is 9.22. The number of methoxy groups -OCH3 is 1. The molecule has 0 fully saturated rings. The second-order valence-electron chi connectivity index (χ2n) is 6.04. The first-order valence-corrected chi connectivity index (χ1v) is 9.22. The molecule has 2 N–H and O–H groups in total. The summed E-state index contributed by atoms with van der Waals surface area (Å²) in [5, 5.41) is 24.5. The van der Waals surface area contributed by atoms with Gasteiger partial charge in [-0.25, -0.2) is 4.68 Å². The lowest BCUT2D eigenvalue weighted by molar-refractivity contribution is 0.325. The van der Waals surface area contributed by atoms with Gasteiger partial charge in [0.25, 0.3) is 0 Å². The van der Waals surface area contributed by atoms with E-state index in [4.69, 9.17) is 25.0 Å². The van der Waals surface area contributed by atoms with Gasteiger partial charge in [0.2, 0.25) is 11.8 Å². The van der Waals surface area contributed by atoms with E-state index in [2.05, 4.69) is 10.3 Å². The van der Waals surface area contributed by atoms with Crippen LogP contribution in [0, 0.1) is 10.8 Å². The van der Waals surface area contributed by atoms with Gasteiger partial charge in [0.15, 0.2) is 0 Å². The van der Waals surface area contributed by atoms with Gasteiger partial charge in [-0.05, 0) is 50.2 Å². The lowest BCUT2D eigenvalue weighted by atomic mass is 10.1. The molecule has 8 nitrogen and oxygen atoms in total. The third kappa shape index (κ3) is 4.43. The summed E-state index contributed by atoms with van der Waals surface area (Å²) in [5.41, 5.74) is 3.34. The van der Waals surface area contributed by atoms with Crippen LogP contribution in [0.5, 0.6) is 5.75 Å². The molecule has 0 aliphatic rings. The maximum absolute atomic E-state index is 8.02. The molecule has 3 rings (SSSR count). The summed E-state index contributed by atoms with van der Waals surface area (Å²) in [5.74, 6) is 0.821. The Morgan fingerprint density at radius 2 is 1.66 bits per heavy atom. The second kappa shape index (κ2) is 9.01. The van der Waals surface area contributed by atoms with Crippen LogP contribution in [0.25, 0.3) is 16.9 Å². The van der Waals surface area contributed by atoms with E-state index in [0.717, 1.165) is 5.69 Å². The predicted octanol–water partition coefficient (Wildman–Crippen LogP) is 3.67. The number of nitrogens with zero attached hydrogens (tertiary/aromatic N) is 3. The molecular formula is C21H23N5O3. The smallest absolute Gasteiger partial charge is 0.213 e. The summed E-state index contributed by atoms with van der Waals surface area (Å²) in [6.45, 7) is 4.53. The number of nitrogens with one attached hydrogen (secondary N) is 2. The van der Waals surface area contributed by atoms with E-state index in [0.29, 0.717) is 41.3 Å². The molecule has 0 bridgehead atoms. The molecule has 0 spiro atoms. The zero-order valence-corrected chi connectivity index (χ0v) is 16.6. The number of rotatable bonds is 7. The average Bonchev–Trinajstić information content (AvgIpc) is 3.24. The summed E-state index contributed by atoms with van der Waals surface area (Å²) in [7, 11) is 1.58. The van der Waals surface area contributed by atoms with Crippen LogP contribution in [-0.4, -0.2) is 47.1 Å². The largest absolute Gasteiger partial charge is 0.496 e. The molecule has 0 atom stereocenters. The second-order valence-corrected chi connectivity index (χ2v) is 6.04. The molecule has 3 aromatic rings. The topological polar surface area (TPSA) is 106 Å². The third-order valence-electron chi connectivity index (χ3n) is 4.18. The van der Waals surface area contributed by atoms with Gasteiger partial charge in [0.1, 0.15) is 11.4 Å². The summed E-state index contributed by atoms with van der Waals surface area (Å²) in [4.78, 5) is 0. The quantitative estimate of drug-likeness (QED) is 0.471. The number of hydrogen-bond donors (Lipinski definition) is 2. The van der Waals surface area contributed by atoms with Crippen LogP contribution >= 0.6 is 0 Å². The normalized spacial score (nSPS) is 10.4. The van der Waals surface area contributed by atoms with Crippen LogP contribution in [0.3, 0.4) is 0 Å². The Balaban J connectivity index is 1.96. The van der Waals surface area contributed by atoms with E-state index >= 15 is 0 Å². The van der Waals surface area contributed by atoms with Crippen molar-refractivity contribution in [3.8, 4) is 22.7 Å². The Labute approximate surface area is 169 Å². The van der Waals surface area contributed by atoms with Gasteiger partial charge in [-0.2, -0.15) is 0 Å². The first-order chi connectivity index (χ1) is 14.1. The standard InChI is InChI=1S/C21H23N5O3/c1-4-28-20(22)14-7-6-8-16(11-14)26-13-18(24-25-26)17-12-15(21(23)29-5-2)9-10-19(17)27-3/h6-13,22-23H,4-5H2,1-3H3. The highest BCUT2D eigenvalue weighted by atomic mass is 16.5. The zero-order valence-electron chi connectivity index (χ0n) is 16.6. The summed E-state index contributed by atoms with van der Waals surface area (Å²) >= 11 is 0. The van der Waals surface area contributed by atoms with Crippen molar-refractivity contribution in [2.75, 3.05) is 20.3 Å². The maximum atomic E-state index is 8.02. The zero-order chi connectivity index (χ0) is 20.8. The minimum atomic E-state index is 0.0888. The van der Waals surface area contributed by atoms with Crippen LogP contribution in [0.1, 0.15) is 25.0 Å². The van der Waals surface area contributed by atoms with Crippen molar-refractivity contribution in [3.05, 3.63) is 59.8 Å². The van der Waals surface area contributed by atoms with Crippen LogP contribution < -0.4 is 4.74 Å². The Morgan fingerprint density at radius 1 is 0.966 bits per heavy atom. The molecule has 2 aromatic carbocycles. The Kier molecular flexibility index (Phi) is 6.23. The summed E-state index contributed by atoms with van der Waals surface area (Å²) < 4.78 is 17.6. The van der Waals surface area contributed by atoms with Crippen molar-refractivity contribution < 1.29 is 14.2 Å². The molecular weight excluding hydrogens is 370 g/mol. The summed E-state index contributed by atoms with van der Waals surface area (Å²) in [6, 6.07) is 12.7. The van der Waals surface area contributed by atoms with Crippen LogP contribution in [-0.2, 0) is 9.47 Å². The average molecular weight is 393 g/mol. The molecule has 1 aromatic heterocycles. The number of hydrogen-bond acceptors (Lipinski definition) is 7. The summed E-state index contributed by atoms with van der Waals surface area (Å²) in [6.07, 6.45) is 1.77. The first kappa shape index (κ1) is 20.1. The van der Waals surface area contributed by atoms with Crippen molar-refractivity contribution in [1.29, 1.82) is 10.8 Å². The minimum absolute atomic E-state index is 0.0888. The lowest BCUT2D eigenvalue weighted by Crippen LogP contribution is -2.06. The maximum Gasteiger partial charge on any atom is 0.213 e. The van der Waals surface area contributed by atoms with Gasteiger partial charge >= 0.3 is 0 Å². The molecule has 8 heteroatoms. The van der Waals surface area contributed by atoms with E-state index in [1.54, 1.807) is 36.2 Å². The van der Waals surface area contributed by atoms with Gasteiger partial charge in [-0.1, -0.05) is 11.3 Å². The van der Waals surface area contributed by atoms with Gasteiger partial charge in [-0.3, -0.25) is 10.8 Å². The van der Waals surface area contributed by atoms with Crippen LogP contribution in [0.4, 0.5) is 0 Å². The van der Waals surface area contributed by atoms with Crippen LogP contribution in [0.15, 0.2) is 48.7 Å². The Hall–Kier alpha value is -3.68. The van der Waals surface area contributed by atoms with E-state index in [1.807, 2.05) is 38.1 Å². The van der Waals surface area contributed by atoms with Gasteiger partial charge < -0.3 is 14.2 Å². The highest BCUT2D eigenvalue weighted by molar-refractivity contribution is 5.93. The number of ether oxygens (including phenoxy) is 3. The molecule has 0 aliphatic heterocycles. The molecule has 29 heavy (non-hydrogen) atoms. The molecule has 0 saturated heterocycles. The molecule has 0 saturated carbocycles. The fourth-order valence-electron chi connectivity index (χ4n) is 2.81. The number of aromatic nitrogens is 3. The highest BCUT2D eigenvalue weighted by Gasteiger charge is 2.14. The van der Waals surface area contributed by atoms with Crippen molar-refractivity contribution in [2.24, 2.45) is 0 Å². The molecule has 0 amide bonds. The monoisotopic (exact) mass is 393 g/mol. The van der Waals surface area contributed by atoms with Crippen molar-refractivity contribution in [3.63, 3.8) is 0 Å². The Morgan fingerprint density at radius 3 is 2.31 bits per heavy atom. The van der Waals surface area contributed by atoms with E-state index < -0.39 is 0 Å². The predicted molar refractivity (Wildman–Crippen MR) is 110 cm³/mol. The van der Waals surface area contributed by atoms with E-state index in [1.165, 1.54) is 0 Å². The van der Waals surface area contributed by atoms with Crippen molar-refractivity contribution in [2.45, 2.75) is 13.8 Å². The van der Waals surface area contributed by atoms with Gasteiger partial charge in [0, 0.05) is 16.7 Å². The van der Waals surface area contributed by atoms with Crippen LogP contribution in [0.2, 0.25) is 0 Å². The molecule has 0 radical (unpaired) electrons. The highest BCUT2D eigenvalue weighted by Crippen LogP contribution is 2.30. The lowest BCUT2D eigenvalue weighted by Gasteiger charge is -2.10. The fourth-order valence-corrected chi connectivity index (χ4v) is 2.81. The molecule has 0 aliphatic carbocycles. The van der Waals surface area contributed by atoms with Gasteiger partial charge in [0.05, 0.1) is 32.2 Å². The third-order valence-corrected chi connectivity index (χ3v) is 4.18. The fraction of sp³-hybridized carbons (Fsp3) is 0.238. The number of benzene rings is 2. The minimum Gasteiger partial charge on any atom is -0.496 e. The Bertz CT molecular complexity index is 1030.